The smallest absolute Gasteiger partial charge is 0.251 e. The van der Waals surface area contributed by atoms with Gasteiger partial charge in [-0.25, -0.2) is 0 Å². The van der Waals surface area contributed by atoms with E-state index in [-0.39, 0.29) is 5.91 Å². The lowest BCUT2D eigenvalue weighted by atomic mass is 10.1. The van der Waals surface area contributed by atoms with Crippen LogP contribution in [0, 0.1) is 0 Å². The van der Waals surface area contributed by atoms with Crippen LogP contribution in [0.25, 0.3) is 0 Å². The van der Waals surface area contributed by atoms with Gasteiger partial charge in [-0.1, -0.05) is 84.9 Å². The number of amides is 1. The fraction of sp³-hybridized carbons (Fsp3) is 0.114. The molecule has 0 aromatic heterocycles. The highest BCUT2D eigenvalue weighted by Gasteiger charge is 2.07. The van der Waals surface area contributed by atoms with E-state index >= 15 is 0 Å². The van der Waals surface area contributed by atoms with E-state index in [1.165, 1.54) is 0 Å². The molecule has 0 fully saturated rings. The summed E-state index contributed by atoms with van der Waals surface area (Å²) < 4.78 is 17.7. The molecule has 0 unspecified atom stereocenters. The van der Waals surface area contributed by atoms with Gasteiger partial charge in [0.25, 0.3) is 5.91 Å². The third kappa shape index (κ3) is 7.98. The Hall–Kier alpha value is -5.03. The van der Waals surface area contributed by atoms with Crippen LogP contribution in [-0.2, 0) is 26.4 Å². The van der Waals surface area contributed by atoms with Crippen molar-refractivity contribution in [3.8, 4) is 17.2 Å². The van der Waals surface area contributed by atoms with Crippen LogP contribution in [0.4, 0.5) is 0 Å². The van der Waals surface area contributed by atoms with Gasteiger partial charge in [-0.2, -0.15) is 0 Å². The molecule has 1 N–H and O–H groups in total. The zero-order valence-electron chi connectivity index (χ0n) is 22.2. The zero-order valence-corrected chi connectivity index (χ0v) is 22.2. The Kier molecular flexibility index (Phi) is 9.08. The van der Waals surface area contributed by atoms with Gasteiger partial charge in [0, 0.05) is 12.1 Å². The van der Waals surface area contributed by atoms with Gasteiger partial charge in [0.1, 0.15) is 37.1 Å². The van der Waals surface area contributed by atoms with E-state index in [9.17, 15) is 4.79 Å². The van der Waals surface area contributed by atoms with E-state index in [0.29, 0.717) is 37.7 Å². The van der Waals surface area contributed by atoms with Crippen LogP contribution in [0.15, 0.2) is 133 Å². The Bertz CT molecular complexity index is 1500. The molecule has 40 heavy (non-hydrogen) atoms. The molecule has 0 radical (unpaired) electrons. The largest absolute Gasteiger partial charge is 0.489 e. The van der Waals surface area contributed by atoms with Crippen LogP contribution in [0.1, 0.15) is 32.6 Å². The Labute approximate surface area is 235 Å². The van der Waals surface area contributed by atoms with Crippen molar-refractivity contribution in [2.45, 2.75) is 26.4 Å². The highest BCUT2D eigenvalue weighted by molar-refractivity contribution is 5.94. The van der Waals surface area contributed by atoms with E-state index in [4.69, 9.17) is 14.2 Å². The predicted octanol–water partition coefficient (Wildman–Crippen LogP) is 7.35. The van der Waals surface area contributed by atoms with Crippen molar-refractivity contribution in [3.63, 3.8) is 0 Å². The van der Waals surface area contributed by atoms with E-state index < -0.39 is 0 Å². The molecule has 5 rings (SSSR count). The second-order valence-electron chi connectivity index (χ2n) is 9.34. The Morgan fingerprint density at radius 3 is 1.55 bits per heavy atom. The van der Waals surface area contributed by atoms with Gasteiger partial charge < -0.3 is 19.5 Å². The highest BCUT2D eigenvalue weighted by atomic mass is 16.5. The SMILES string of the molecule is O=C(NCc1cccc(OCc2ccccc2)c1)c1ccc(OCc2cccc(OCc3ccccc3)c2)cc1. The second-order valence-corrected chi connectivity index (χ2v) is 9.34. The summed E-state index contributed by atoms with van der Waals surface area (Å²) in [6.45, 7) is 1.82. The molecule has 1 amide bonds. The Morgan fingerprint density at radius 2 is 0.950 bits per heavy atom. The fourth-order valence-electron chi connectivity index (χ4n) is 4.11. The average Bonchev–Trinajstić information content (AvgIpc) is 3.02. The molecule has 0 aliphatic rings. The van der Waals surface area contributed by atoms with Crippen molar-refractivity contribution in [2.75, 3.05) is 0 Å². The molecule has 5 heteroatoms. The quantitative estimate of drug-likeness (QED) is 0.184. The van der Waals surface area contributed by atoms with Crippen LogP contribution in [-0.4, -0.2) is 5.91 Å². The predicted molar refractivity (Wildman–Crippen MR) is 156 cm³/mol. The third-order valence-corrected chi connectivity index (χ3v) is 6.27. The first-order valence-corrected chi connectivity index (χ1v) is 13.2. The van der Waals surface area contributed by atoms with Crippen molar-refractivity contribution in [1.82, 2.24) is 5.32 Å². The molecule has 5 aromatic carbocycles. The lowest BCUT2D eigenvalue weighted by Crippen LogP contribution is -2.22. The molecule has 0 saturated heterocycles. The van der Waals surface area contributed by atoms with E-state index in [0.717, 1.165) is 33.8 Å². The van der Waals surface area contributed by atoms with E-state index in [2.05, 4.69) is 5.32 Å². The molecule has 200 valence electrons. The maximum Gasteiger partial charge on any atom is 0.251 e. The molecular formula is C35H31NO4. The number of ether oxygens (including phenoxy) is 3. The molecule has 0 spiro atoms. The second kappa shape index (κ2) is 13.7. The van der Waals surface area contributed by atoms with Crippen LogP contribution in [0.3, 0.4) is 0 Å². The summed E-state index contributed by atoms with van der Waals surface area (Å²) in [5.74, 6) is 2.11. The van der Waals surface area contributed by atoms with Crippen molar-refractivity contribution in [3.05, 3.63) is 161 Å². The number of rotatable bonds is 12. The lowest BCUT2D eigenvalue weighted by Gasteiger charge is -2.11. The van der Waals surface area contributed by atoms with Gasteiger partial charge in [-0.05, 0) is 70.8 Å². The summed E-state index contributed by atoms with van der Waals surface area (Å²) in [6.07, 6.45) is 0. The number of benzene rings is 5. The maximum atomic E-state index is 12.7. The molecule has 5 nitrogen and oxygen atoms in total. The number of hydrogen-bond donors (Lipinski definition) is 1. The first-order chi connectivity index (χ1) is 19.7. The topological polar surface area (TPSA) is 56.8 Å². The molecule has 0 heterocycles. The van der Waals surface area contributed by atoms with Crippen molar-refractivity contribution in [2.24, 2.45) is 0 Å². The Balaban J connectivity index is 1.08. The zero-order chi connectivity index (χ0) is 27.4. The maximum absolute atomic E-state index is 12.7. The van der Waals surface area contributed by atoms with Gasteiger partial charge in [-0.15, -0.1) is 0 Å². The molecule has 0 bridgehead atoms. The van der Waals surface area contributed by atoms with Gasteiger partial charge in [0.15, 0.2) is 0 Å². The minimum atomic E-state index is -0.148. The van der Waals surface area contributed by atoms with Gasteiger partial charge in [0.2, 0.25) is 0 Å². The number of hydrogen-bond acceptors (Lipinski definition) is 4. The minimum absolute atomic E-state index is 0.148. The van der Waals surface area contributed by atoms with Crippen molar-refractivity contribution < 1.29 is 19.0 Å². The summed E-state index contributed by atoms with van der Waals surface area (Å²) >= 11 is 0. The summed E-state index contributed by atoms with van der Waals surface area (Å²) in [6, 6.07) is 42.9. The summed E-state index contributed by atoms with van der Waals surface area (Å²) in [7, 11) is 0. The summed E-state index contributed by atoms with van der Waals surface area (Å²) in [5, 5.41) is 2.97. The van der Waals surface area contributed by atoms with Crippen molar-refractivity contribution in [1.29, 1.82) is 0 Å². The van der Waals surface area contributed by atoms with Crippen LogP contribution in [0.2, 0.25) is 0 Å². The van der Waals surface area contributed by atoms with E-state index in [1.54, 1.807) is 12.1 Å². The minimum Gasteiger partial charge on any atom is -0.489 e. The van der Waals surface area contributed by atoms with Crippen LogP contribution in [0.5, 0.6) is 17.2 Å². The first kappa shape index (κ1) is 26.6. The molecule has 0 atom stereocenters. The average molecular weight is 530 g/mol. The number of carbonyl (C=O) groups is 1. The molecule has 0 saturated carbocycles. The lowest BCUT2D eigenvalue weighted by molar-refractivity contribution is 0.0950. The molecule has 0 aliphatic heterocycles. The number of carbonyl (C=O) groups excluding carboxylic acids is 1. The van der Waals surface area contributed by atoms with Gasteiger partial charge in [0.05, 0.1) is 0 Å². The van der Waals surface area contributed by atoms with Crippen molar-refractivity contribution >= 4 is 5.91 Å². The van der Waals surface area contributed by atoms with Crippen LogP contribution >= 0.6 is 0 Å². The third-order valence-electron chi connectivity index (χ3n) is 6.27. The molecule has 5 aromatic rings. The standard InChI is InChI=1S/C35H31NO4/c37-35(36-23-29-13-7-15-33(21-29)39-24-27-9-3-1-4-10-27)31-17-19-32(20-18-31)38-26-30-14-8-16-34(22-30)40-25-28-11-5-2-6-12-28/h1-22H,23-26H2,(H,36,37). The Morgan fingerprint density at radius 1 is 0.475 bits per heavy atom. The molecular weight excluding hydrogens is 498 g/mol. The first-order valence-electron chi connectivity index (χ1n) is 13.2. The monoisotopic (exact) mass is 529 g/mol. The molecule has 0 aliphatic carbocycles. The fourth-order valence-corrected chi connectivity index (χ4v) is 4.11. The van der Waals surface area contributed by atoms with Crippen LogP contribution < -0.4 is 19.5 Å². The van der Waals surface area contributed by atoms with Gasteiger partial charge in [-0.3, -0.25) is 4.79 Å². The van der Waals surface area contributed by atoms with E-state index in [1.807, 2.05) is 121 Å². The number of nitrogens with one attached hydrogen (secondary N) is 1. The highest BCUT2D eigenvalue weighted by Crippen LogP contribution is 2.19. The summed E-state index contributed by atoms with van der Waals surface area (Å²) in [4.78, 5) is 12.7. The summed E-state index contributed by atoms with van der Waals surface area (Å²) in [5.41, 5.74) is 4.76. The normalized spacial score (nSPS) is 10.5. The van der Waals surface area contributed by atoms with Gasteiger partial charge >= 0.3 is 0 Å².